The first-order valence-corrected chi connectivity index (χ1v) is 11.7. The summed E-state index contributed by atoms with van der Waals surface area (Å²) in [5, 5.41) is 12.6. The minimum absolute atomic E-state index is 0.0504. The van der Waals surface area contributed by atoms with Gasteiger partial charge in [0.15, 0.2) is 5.16 Å². The van der Waals surface area contributed by atoms with Gasteiger partial charge in [0.2, 0.25) is 5.91 Å². The quantitative estimate of drug-likeness (QED) is 0.354. The molecule has 1 N–H and O–H groups in total. The molecule has 0 radical (unpaired) electrons. The lowest BCUT2D eigenvalue weighted by atomic mass is 10.0. The minimum Gasteiger partial charge on any atom is -0.325 e. The molecule has 31 heavy (non-hydrogen) atoms. The third-order valence-corrected chi connectivity index (χ3v) is 6.57. The number of nitrogens with zero attached hydrogens (tertiary/aromatic N) is 3. The molecule has 3 aromatic rings. The van der Waals surface area contributed by atoms with Gasteiger partial charge in [-0.2, -0.15) is 0 Å². The van der Waals surface area contributed by atoms with Crippen molar-refractivity contribution in [1.82, 2.24) is 14.8 Å². The van der Waals surface area contributed by atoms with Gasteiger partial charge in [0, 0.05) is 18.2 Å². The van der Waals surface area contributed by atoms with Crippen molar-refractivity contribution in [3.05, 3.63) is 84.2 Å². The van der Waals surface area contributed by atoms with Gasteiger partial charge in [0.05, 0.1) is 5.75 Å². The number of hydrogen-bond acceptors (Lipinski definition) is 4. The average Bonchev–Trinajstić information content (AvgIpc) is 3.48. The molecule has 1 amide bonds. The minimum atomic E-state index is -0.0504. The number of nitrogens with one attached hydrogen (secondary N) is 1. The van der Waals surface area contributed by atoms with Gasteiger partial charge in [-0.15, -0.1) is 16.8 Å². The molecule has 1 saturated carbocycles. The van der Waals surface area contributed by atoms with E-state index in [1.807, 2.05) is 24.3 Å². The predicted octanol–water partition coefficient (Wildman–Crippen LogP) is 5.59. The Hall–Kier alpha value is -2.86. The maximum absolute atomic E-state index is 12.5. The molecular weight excluding hydrogens is 404 g/mol. The first-order chi connectivity index (χ1) is 15.1. The normalized spacial score (nSPS) is 17.5. The van der Waals surface area contributed by atoms with Gasteiger partial charge in [-0.1, -0.05) is 74.1 Å². The third-order valence-electron chi connectivity index (χ3n) is 5.60. The second-order valence-corrected chi connectivity index (χ2v) is 9.16. The van der Waals surface area contributed by atoms with Crippen molar-refractivity contribution in [2.24, 2.45) is 0 Å². The summed E-state index contributed by atoms with van der Waals surface area (Å²) >= 11 is 1.41. The Morgan fingerprint density at radius 3 is 2.58 bits per heavy atom. The first kappa shape index (κ1) is 21.4. The number of amides is 1. The molecule has 5 nitrogen and oxygen atoms in total. The number of thioether (sulfide) groups is 1. The summed E-state index contributed by atoms with van der Waals surface area (Å²) in [6.45, 7) is 8.83. The number of rotatable bonds is 9. The third kappa shape index (κ3) is 5.07. The molecule has 0 spiro atoms. The van der Waals surface area contributed by atoms with Crippen molar-refractivity contribution >= 4 is 23.4 Å². The topological polar surface area (TPSA) is 59.8 Å². The van der Waals surface area contributed by atoms with Crippen molar-refractivity contribution in [2.75, 3.05) is 11.1 Å². The number of aromatic nitrogens is 3. The summed E-state index contributed by atoms with van der Waals surface area (Å²) in [5.74, 6) is 2.56. The fourth-order valence-electron chi connectivity index (χ4n) is 3.81. The fraction of sp³-hybridized carbons (Fsp3) is 0.320. The zero-order valence-electron chi connectivity index (χ0n) is 18.0. The Bertz CT molecular complexity index is 1040. The smallest absolute Gasteiger partial charge is 0.234 e. The first-order valence-electron chi connectivity index (χ1n) is 10.7. The molecule has 0 aliphatic heterocycles. The Balaban J connectivity index is 1.38. The highest BCUT2D eigenvalue weighted by molar-refractivity contribution is 7.99. The van der Waals surface area contributed by atoms with Crippen LogP contribution in [-0.2, 0) is 11.3 Å². The molecule has 1 aromatic heterocycles. The van der Waals surface area contributed by atoms with E-state index in [9.17, 15) is 4.79 Å². The maximum atomic E-state index is 12.5. The summed E-state index contributed by atoms with van der Waals surface area (Å²) in [6.07, 6.45) is 2.93. The van der Waals surface area contributed by atoms with E-state index in [1.165, 1.54) is 22.9 Å². The molecule has 2 aromatic carbocycles. The predicted molar refractivity (Wildman–Crippen MR) is 127 cm³/mol. The number of benzene rings is 2. The van der Waals surface area contributed by atoms with Gasteiger partial charge < -0.3 is 9.88 Å². The summed E-state index contributed by atoms with van der Waals surface area (Å²) < 4.78 is 2.09. The molecule has 2 atom stereocenters. The van der Waals surface area contributed by atoms with Crippen LogP contribution in [0.25, 0.3) is 0 Å². The number of allylic oxidation sites excluding steroid dienone is 1. The molecule has 1 heterocycles. The second-order valence-electron chi connectivity index (χ2n) is 8.21. The lowest BCUT2D eigenvalue weighted by Gasteiger charge is -2.09. The maximum Gasteiger partial charge on any atom is 0.234 e. The molecule has 0 bridgehead atoms. The van der Waals surface area contributed by atoms with E-state index in [-0.39, 0.29) is 11.7 Å². The summed E-state index contributed by atoms with van der Waals surface area (Å²) in [5.41, 5.74) is 3.41. The average molecular weight is 433 g/mol. The van der Waals surface area contributed by atoms with Crippen LogP contribution >= 0.6 is 11.8 Å². The lowest BCUT2D eigenvalue weighted by Crippen LogP contribution is -2.14. The Morgan fingerprint density at radius 2 is 1.90 bits per heavy atom. The van der Waals surface area contributed by atoms with E-state index in [1.54, 1.807) is 0 Å². The van der Waals surface area contributed by atoms with Crippen LogP contribution in [0.2, 0.25) is 0 Å². The largest absolute Gasteiger partial charge is 0.325 e. The molecule has 6 heteroatoms. The molecule has 2 unspecified atom stereocenters. The van der Waals surface area contributed by atoms with Gasteiger partial charge in [-0.25, -0.2) is 0 Å². The highest BCUT2D eigenvalue weighted by Crippen LogP contribution is 2.54. The van der Waals surface area contributed by atoms with Crippen LogP contribution in [0.15, 0.2) is 72.4 Å². The Labute approximate surface area is 188 Å². The molecule has 0 saturated heterocycles. The van der Waals surface area contributed by atoms with Crippen molar-refractivity contribution in [2.45, 2.75) is 49.7 Å². The number of carbonyl (C=O) groups excluding carboxylic acids is 1. The van der Waals surface area contributed by atoms with Crippen molar-refractivity contribution in [3.8, 4) is 0 Å². The Morgan fingerprint density at radius 1 is 1.16 bits per heavy atom. The van der Waals surface area contributed by atoms with E-state index in [2.05, 4.69) is 76.9 Å². The van der Waals surface area contributed by atoms with E-state index in [4.69, 9.17) is 0 Å². The molecular formula is C25H28N4OS. The fourth-order valence-corrected chi connectivity index (χ4v) is 4.56. The van der Waals surface area contributed by atoms with Gasteiger partial charge in [-0.3, -0.25) is 4.79 Å². The van der Waals surface area contributed by atoms with E-state index in [0.717, 1.165) is 23.1 Å². The van der Waals surface area contributed by atoms with Crippen LogP contribution in [0, 0.1) is 0 Å². The van der Waals surface area contributed by atoms with E-state index >= 15 is 0 Å². The number of anilines is 1. The SMILES string of the molecule is C=CCn1c(SCC(=O)Nc2ccc(C(C)C)cc2)nnc1C1CC1c1ccccc1. The summed E-state index contributed by atoms with van der Waals surface area (Å²) in [6, 6.07) is 18.6. The van der Waals surface area contributed by atoms with Crippen molar-refractivity contribution < 1.29 is 4.79 Å². The van der Waals surface area contributed by atoms with Crippen LogP contribution < -0.4 is 5.32 Å². The van der Waals surface area contributed by atoms with Gasteiger partial charge in [-0.05, 0) is 41.5 Å². The lowest BCUT2D eigenvalue weighted by molar-refractivity contribution is -0.113. The number of carbonyl (C=O) groups is 1. The van der Waals surface area contributed by atoms with Crippen molar-refractivity contribution in [1.29, 1.82) is 0 Å². The zero-order chi connectivity index (χ0) is 21.8. The monoisotopic (exact) mass is 432 g/mol. The van der Waals surface area contributed by atoms with E-state index < -0.39 is 0 Å². The molecule has 1 fully saturated rings. The van der Waals surface area contributed by atoms with Crippen LogP contribution in [0.3, 0.4) is 0 Å². The van der Waals surface area contributed by atoms with Crippen LogP contribution in [0.4, 0.5) is 5.69 Å². The molecule has 1 aliphatic rings. The van der Waals surface area contributed by atoms with Crippen molar-refractivity contribution in [3.63, 3.8) is 0 Å². The standard InChI is InChI=1S/C25H28N4OS/c1-4-14-29-24(22-15-21(22)19-8-6-5-7-9-19)27-28-25(29)31-16-23(30)26-20-12-10-18(11-13-20)17(2)3/h4-13,17,21-22H,1,14-16H2,2-3H3,(H,26,30). The Kier molecular flexibility index (Phi) is 6.56. The van der Waals surface area contributed by atoms with Crippen LogP contribution in [0.1, 0.15) is 55.0 Å². The second kappa shape index (κ2) is 9.52. The van der Waals surface area contributed by atoms with Gasteiger partial charge in [0.25, 0.3) is 0 Å². The summed E-state index contributed by atoms with van der Waals surface area (Å²) in [4.78, 5) is 12.5. The zero-order valence-corrected chi connectivity index (χ0v) is 18.8. The molecule has 160 valence electrons. The van der Waals surface area contributed by atoms with E-state index in [0.29, 0.717) is 24.3 Å². The molecule has 1 aliphatic carbocycles. The van der Waals surface area contributed by atoms with Crippen LogP contribution in [-0.4, -0.2) is 26.4 Å². The summed E-state index contributed by atoms with van der Waals surface area (Å²) in [7, 11) is 0. The number of hydrogen-bond donors (Lipinski definition) is 1. The highest BCUT2D eigenvalue weighted by Gasteiger charge is 2.43. The van der Waals surface area contributed by atoms with Gasteiger partial charge in [0.1, 0.15) is 5.82 Å². The van der Waals surface area contributed by atoms with Gasteiger partial charge >= 0.3 is 0 Å². The molecule has 4 rings (SSSR count). The highest BCUT2D eigenvalue weighted by atomic mass is 32.2. The van der Waals surface area contributed by atoms with Crippen LogP contribution in [0.5, 0.6) is 0 Å².